The topological polar surface area (TPSA) is 67.9 Å². The summed E-state index contributed by atoms with van der Waals surface area (Å²) in [6.45, 7) is 6.41. The Kier molecular flexibility index (Phi) is 5.96. The van der Waals surface area contributed by atoms with Gasteiger partial charge in [-0.25, -0.2) is 0 Å². The predicted octanol–water partition coefficient (Wildman–Crippen LogP) is -1.83. The first-order valence-corrected chi connectivity index (χ1v) is 7.74. The van der Waals surface area contributed by atoms with E-state index >= 15 is 0 Å². The van der Waals surface area contributed by atoms with Crippen molar-refractivity contribution < 1.29 is 9.59 Å². The molecule has 0 aromatic heterocycles. The average molecular weight is 297 g/mol. The van der Waals surface area contributed by atoms with E-state index < -0.39 is 11.8 Å². The molecule has 2 aliphatic rings. The zero-order valence-corrected chi connectivity index (χ0v) is 13.1. The Morgan fingerprint density at radius 3 is 2.76 bits per heavy atom. The molecule has 0 aromatic carbocycles. The van der Waals surface area contributed by atoms with Crippen LogP contribution in [0.3, 0.4) is 0 Å². The number of amides is 2. The molecule has 0 aliphatic carbocycles. The van der Waals surface area contributed by atoms with Crippen LogP contribution in [0, 0.1) is 0 Å². The first-order valence-electron chi connectivity index (χ1n) is 7.74. The van der Waals surface area contributed by atoms with Crippen molar-refractivity contribution in [1.82, 2.24) is 25.3 Å². The largest absolute Gasteiger partial charge is 0.346 e. The van der Waals surface area contributed by atoms with Gasteiger partial charge in [0.2, 0.25) is 0 Å². The number of piperazine rings is 1. The molecule has 2 aliphatic heterocycles. The van der Waals surface area contributed by atoms with Gasteiger partial charge in [0.05, 0.1) is 0 Å². The van der Waals surface area contributed by atoms with Crippen molar-refractivity contribution in [3.8, 4) is 0 Å². The van der Waals surface area contributed by atoms with Gasteiger partial charge in [-0.3, -0.25) is 14.5 Å². The SMILES string of the molecule is CN1CCN(C)C(CNC(=O)C(=O)N2CCCNCC2)C1. The summed E-state index contributed by atoms with van der Waals surface area (Å²) in [6, 6.07) is 0.270. The van der Waals surface area contributed by atoms with Gasteiger partial charge in [0.25, 0.3) is 0 Å². The van der Waals surface area contributed by atoms with Gasteiger partial charge in [-0.2, -0.15) is 0 Å². The Labute approximate surface area is 126 Å². The molecule has 0 bridgehead atoms. The number of nitrogens with one attached hydrogen (secondary N) is 2. The molecule has 0 spiro atoms. The summed E-state index contributed by atoms with van der Waals surface area (Å²) in [6.07, 6.45) is 0.898. The van der Waals surface area contributed by atoms with E-state index in [9.17, 15) is 9.59 Å². The van der Waals surface area contributed by atoms with Crippen LogP contribution in [0.2, 0.25) is 0 Å². The first-order chi connectivity index (χ1) is 10.1. The summed E-state index contributed by atoms with van der Waals surface area (Å²) in [5.74, 6) is -0.871. The van der Waals surface area contributed by atoms with Crippen LogP contribution in [0.25, 0.3) is 0 Å². The Morgan fingerprint density at radius 1 is 1.14 bits per heavy atom. The summed E-state index contributed by atoms with van der Waals surface area (Å²) >= 11 is 0. The van der Waals surface area contributed by atoms with Crippen LogP contribution >= 0.6 is 0 Å². The first kappa shape index (κ1) is 16.2. The molecular weight excluding hydrogens is 270 g/mol. The van der Waals surface area contributed by atoms with Crippen molar-refractivity contribution in [1.29, 1.82) is 0 Å². The molecule has 2 amide bonds. The van der Waals surface area contributed by atoms with Gasteiger partial charge in [-0.15, -0.1) is 0 Å². The van der Waals surface area contributed by atoms with Crippen LogP contribution in [0.4, 0.5) is 0 Å². The smallest absolute Gasteiger partial charge is 0.311 e. The third-order valence-corrected chi connectivity index (χ3v) is 4.30. The molecule has 1 atom stereocenters. The minimum atomic E-state index is -0.474. The molecule has 120 valence electrons. The standard InChI is InChI=1S/C14H27N5O2/c1-17-8-9-18(2)12(11-17)10-16-13(20)14(21)19-6-3-4-15-5-7-19/h12,15H,3-11H2,1-2H3,(H,16,20). The van der Waals surface area contributed by atoms with Gasteiger partial charge in [0.1, 0.15) is 0 Å². The minimum Gasteiger partial charge on any atom is -0.346 e. The van der Waals surface area contributed by atoms with Crippen LogP contribution in [0.15, 0.2) is 0 Å². The van der Waals surface area contributed by atoms with Crippen molar-refractivity contribution in [2.45, 2.75) is 12.5 Å². The number of carbonyl (C=O) groups excluding carboxylic acids is 2. The molecule has 2 N–H and O–H groups in total. The van der Waals surface area contributed by atoms with E-state index in [2.05, 4.69) is 34.5 Å². The van der Waals surface area contributed by atoms with Gasteiger partial charge < -0.3 is 20.4 Å². The molecule has 21 heavy (non-hydrogen) atoms. The molecule has 0 radical (unpaired) electrons. The Balaban J connectivity index is 1.78. The van der Waals surface area contributed by atoms with E-state index in [1.54, 1.807) is 4.90 Å². The average Bonchev–Trinajstić information content (AvgIpc) is 2.76. The van der Waals surface area contributed by atoms with Gasteiger partial charge in [0.15, 0.2) is 0 Å². The highest BCUT2D eigenvalue weighted by Crippen LogP contribution is 2.05. The van der Waals surface area contributed by atoms with E-state index in [0.717, 1.165) is 39.1 Å². The van der Waals surface area contributed by atoms with Gasteiger partial charge >= 0.3 is 11.8 Å². The van der Waals surface area contributed by atoms with E-state index in [1.807, 2.05) is 0 Å². The molecule has 7 nitrogen and oxygen atoms in total. The lowest BCUT2D eigenvalue weighted by molar-refractivity contribution is -0.145. The molecule has 1 unspecified atom stereocenters. The summed E-state index contributed by atoms with van der Waals surface area (Å²) in [5.41, 5.74) is 0. The minimum absolute atomic E-state index is 0.270. The fourth-order valence-corrected chi connectivity index (χ4v) is 2.80. The Bertz CT molecular complexity index is 368. The summed E-state index contributed by atoms with van der Waals surface area (Å²) < 4.78 is 0. The second-order valence-corrected chi connectivity index (χ2v) is 6.00. The van der Waals surface area contributed by atoms with Crippen LogP contribution in [0.5, 0.6) is 0 Å². The monoisotopic (exact) mass is 297 g/mol. The quantitative estimate of drug-likeness (QED) is 0.587. The van der Waals surface area contributed by atoms with Crippen LogP contribution in [-0.2, 0) is 9.59 Å². The van der Waals surface area contributed by atoms with Crippen molar-refractivity contribution >= 4 is 11.8 Å². The second-order valence-electron chi connectivity index (χ2n) is 6.00. The molecule has 2 rings (SSSR count). The van der Waals surface area contributed by atoms with Crippen molar-refractivity contribution in [3.63, 3.8) is 0 Å². The molecule has 0 aromatic rings. The lowest BCUT2D eigenvalue weighted by Crippen LogP contribution is -2.55. The van der Waals surface area contributed by atoms with Crippen LogP contribution in [-0.4, -0.2) is 99.0 Å². The number of carbonyl (C=O) groups is 2. The lowest BCUT2D eigenvalue weighted by Gasteiger charge is -2.37. The highest BCUT2D eigenvalue weighted by molar-refractivity contribution is 6.35. The van der Waals surface area contributed by atoms with Gasteiger partial charge in [-0.05, 0) is 27.1 Å². The Morgan fingerprint density at radius 2 is 1.95 bits per heavy atom. The molecule has 2 saturated heterocycles. The number of hydrogen-bond donors (Lipinski definition) is 2. The van der Waals surface area contributed by atoms with Crippen LogP contribution < -0.4 is 10.6 Å². The molecule has 2 heterocycles. The maximum absolute atomic E-state index is 12.1. The zero-order valence-electron chi connectivity index (χ0n) is 13.1. The highest BCUT2D eigenvalue weighted by atomic mass is 16.2. The second kappa shape index (κ2) is 7.72. The molecule has 7 heteroatoms. The molecular formula is C14H27N5O2. The van der Waals surface area contributed by atoms with E-state index in [-0.39, 0.29) is 6.04 Å². The summed E-state index contributed by atoms with van der Waals surface area (Å²) in [7, 11) is 4.14. The number of nitrogens with zero attached hydrogens (tertiary/aromatic N) is 3. The lowest BCUT2D eigenvalue weighted by atomic mass is 10.2. The van der Waals surface area contributed by atoms with E-state index in [0.29, 0.717) is 19.6 Å². The Hall–Kier alpha value is -1.18. The number of rotatable bonds is 2. The molecule has 0 saturated carbocycles. The third-order valence-electron chi connectivity index (χ3n) is 4.30. The highest BCUT2D eigenvalue weighted by Gasteiger charge is 2.26. The third kappa shape index (κ3) is 4.66. The number of likely N-dealkylation sites (N-methyl/N-ethyl adjacent to an activating group) is 2. The maximum Gasteiger partial charge on any atom is 0.311 e. The maximum atomic E-state index is 12.1. The van der Waals surface area contributed by atoms with E-state index in [4.69, 9.17) is 0 Å². The normalized spacial score (nSPS) is 25.4. The summed E-state index contributed by atoms with van der Waals surface area (Å²) in [5, 5.41) is 6.03. The fraction of sp³-hybridized carbons (Fsp3) is 0.857. The molecule has 2 fully saturated rings. The van der Waals surface area contributed by atoms with E-state index in [1.165, 1.54) is 0 Å². The number of hydrogen-bond acceptors (Lipinski definition) is 5. The van der Waals surface area contributed by atoms with Crippen LogP contribution in [0.1, 0.15) is 6.42 Å². The van der Waals surface area contributed by atoms with Crippen molar-refractivity contribution in [3.05, 3.63) is 0 Å². The van der Waals surface area contributed by atoms with Gasteiger partial charge in [0, 0.05) is 51.9 Å². The van der Waals surface area contributed by atoms with Gasteiger partial charge in [-0.1, -0.05) is 0 Å². The predicted molar refractivity (Wildman–Crippen MR) is 81.0 cm³/mol. The van der Waals surface area contributed by atoms with Crippen molar-refractivity contribution in [2.24, 2.45) is 0 Å². The summed E-state index contributed by atoms with van der Waals surface area (Å²) in [4.78, 5) is 30.3. The zero-order chi connectivity index (χ0) is 15.2. The van der Waals surface area contributed by atoms with Crippen molar-refractivity contribution in [2.75, 3.05) is 66.5 Å². The fourth-order valence-electron chi connectivity index (χ4n) is 2.80.